The lowest BCUT2D eigenvalue weighted by atomic mass is 10.2. The molecule has 0 atom stereocenters. The van der Waals surface area contributed by atoms with Crippen LogP contribution < -0.4 is 5.32 Å². The Balaban J connectivity index is 0.00000225. The van der Waals surface area contributed by atoms with Crippen LogP contribution in [0.15, 0.2) is 46.1 Å². The van der Waals surface area contributed by atoms with Gasteiger partial charge in [-0.3, -0.25) is 9.89 Å². The largest absolute Gasteiger partial charge is 0.364 e. The molecule has 0 spiro atoms. The zero-order chi connectivity index (χ0) is 16.8. The molecule has 8 heteroatoms. The molecule has 2 heterocycles. The molecule has 1 N–H and O–H groups in total. The van der Waals surface area contributed by atoms with E-state index in [2.05, 4.69) is 31.3 Å². The van der Waals surface area contributed by atoms with Gasteiger partial charge in [0.25, 0.3) is 0 Å². The number of benzene rings is 1. The Bertz CT molecular complexity index is 671. The highest BCUT2D eigenvalue weighted by atomic mass is 127. The summed E-state index contributed by atoms with van der Waals surface area (Å²) in [7, 11) is 1.82. The molecular formula is C17H23ClIN5O. The summed E-state index contributed by atoms with van der Waals surface area (Å²) in [5.74, 6) is 0.927. The van der Waals surface area contributed by atoms with Crippen LogP contribution in [0.5, 0.6) is 0 Å². The summed E-state index contributed by atoms with van der Waals surface area (Å²) in [6, 6.07) is 9.79. The van der Waals surface area contributed by atoms with Gasteiger partial charge in [0.15, 0.2) is 5.96 Å². The van der Waals surface area contributed by atoms with E-state index < -0.39 is 0 Å². The van der Waals surface area contributed by atoms with Gasteiger partial charge in [0.1, 0.15) is 6.26 Å². The van der Waals surface area contributed by atoms with Crippen molar-refractivity contribution in [2.24, 2.45) is 4.99 Å². The molecule has 1 fully saturated rings. The Labute approximate surface area is 170 Å². The number of rotatable bonds is 4. The van der Waals surface area contributed by atoms with Gasteiger partial charge in [-0.2, -0.15) is 0 Å². The molecule has 1 aromatic heterocycles. The Morgan fingerprint density at radius 1 is 1.28 bits per heavy atom. The molecule has 1 aliphatic heterocycles. The monoisotopic (exact) mass is 475 g/mol. The minimum atomic E-state index is 0. The second-order valence-corrected chi connectivity index (χ2v) is 6.22. The Morgan fingerprint density at radius 2 is 2.08 bits per heavy atom. The zero-order valence-electron chi connectivity index (χ0n) is 14.2. The second kappa shape index (κ2) is 9.98. The zero-order valence-corrected chi connectivity index (χ0v) is 17.3. The average molecular weight is 476 g/mol. The third kappa shape index (κ3) is 5.86. The number of halogens is 2. The molecule has 0 bridgehead atoms. The molecule has 0 unspecified atom stereocenters. The number of aliphatic imine (C=N–C) groups is 1. The summed E-state index contributed by atoms with van der Waals surface area (Å²) in [6.07, 6.45) is 1.62. The van der Waals surface area contributed by atoms with E-state index >= 15 is 0 Å². The van der Waals surface area contributed by atoms with Crippen molar-refractivity contribution in [3.05, 3.63) is 52.9 Å². The van der Waals surface area contributed by atoms with E-state index in [0.29, 0.717) is 6.54 Å². The quantitative estimate of drug-likeness (QED) is 0.419. The van der Waals surface area contributed by atoms with E-state index in [9.17, 15) is 0 Å². The minimum Gasteiger partial charge on any atom is -0.364 e. The summed E-state index contributed by atoms with van der Waals surface area (Å²) in [5, 5.41) is 8.14. The molecule has 1 aliphatic rings. The summed E-state index contributed by atoms with van der Waals surface area (Å²) < 4.78 is 4.89. The van der Waals surface area contributed by atoms with Gasteiger partial charge in [0.05, 0.1) is 5.69 Å². The topological polar surface area (TPSA) is 56.9 Å². The van der Waals surface area contributed by atoms with Crippen molar-refractivity contribution in [1.29, 1.82) is 0 Å². The highest BCUT2D eigenvalue weighted by molar-refractivity contribution is 14.0. The maximum Gasteiger partial charge on any atom is 0.194 e. The van der Waals surface area contributed by atoms with Gasteiger partial charge in [0, 0.05) is 57.4 Å². The normalized spacial score (nSPS) is 15.8. The first-order chi connectivity index (χ1) is 11.7. The summed E-state index contributed by atoms with van der Waals surface area (Å²) in [4.78, 5) is 9.06. The Hall–Kier alpha value is -1.32. The fraction of sp³-hybridized carbons (Fsp3) is 0.412. The number of aromatic nitrogens is 1. The van der Waals surface area contributed by atoms with Crippen LogP contribution in [0.1, 0.15) is 11.3 Å². The molecule has 1 saturated heterocycles. The third-order valence-corrected chi connectivity index (χ3v) is 4.34. The van der Waals surface area contributed by atoms with E-state index in [1.54, 1.807) is 6.26 Å². The number of nitrogens with one attached hydrogen (secondary N) is 1. The maximum absolute atomic E-state index is 6.03. The lowest BCUT2D eigenvalue weighted by Gasteiger charge is -2.36. The molecule has 3 rings (SSSR count). The number of piperazine rings is 1. The first-order valence-electron chi connectivity index (χ1n) is 8.06. The number of guanidine groups is 1. The maximum atomic E-state index is 6.03. The van der Waals surface area contributed by atoms with Crippen molar-refractivity contribution in [2.75, 3.05) is 33.2 Å². The van der Waals surface area contributed by atoms with Gasteiger partial charge in [-0.25, -0.2) is 0 Å². The van der Waals surface area contributed by atoms with E-state index in [1.807, 2.05) is 31.3 Å². The van der Waals surface area contributed by atoms with Crippen LogP contribution >= 0.6 is 35.6 Å². The van der Waals surface area contributed by atoms with Crippen molar-refractivity contribution in [3.8, 4) is 0 Å². The summed E-state index contributed by atoms with van der Waals surface area (Å²) in [5.41, 5.74) is 2.13. The van der Waals surface area contributed by atoms with Crippen LogP contribution in [0.25, 0.3) is 0 Å². The SMILES string of the molecule is CN=C(NCc1cccc(Cl)c1)N1CCN(Cc2ccon2)CC1.I. The van der Waals surface area contributed by atoms with Gasteiger partial charge < -0.3 is 14.7 Å². The number of hydrogen-bond acceptors (Lipinski definition) is 4. The van der Waals surface area contributed by atoms with Crippen molar-refractivity contribution in [3.63, 3.8) is 0 Å². The molecule has 6 nitrogen and oxygen atoms in total. The molecular weight excluding hydrogens is 453 g/mol. The molecule has 0 saturated carbocycles. The molecule has 1 aromatic carbocycles. The van der Waals surface area contributed by atoms with Crippen molar-refractivity contribution < 1.29 is 4.52 Å². The first kappa shape index (κ1) is 20.0. The predicted octanol–water partition coefficient (Wildman–Crippen LogP) is 2.84. The lowest BCUT2D eigenvalue weighted by Crippen LogP contribution is -2.52. The average Bonchev–Trinajstić information content (AvgIpc) is 3.10. The number of nitrogens with zero attached hydrogens (tertiary/aromatic N) is 4. The van der Waals surface area contributed by atoms with Crippen LogP contribution in [0.3, 0.4) is 0 Å². The van der Waals surface area contributed by atoms with Gasteiger partial charge >= 0.3 is 0 Å². The van der Waals surface area contributed by atoms with E-state index in [4.69, 9.17) is 16.1 Å². The van der Waals surface area contributed by atoms with E-state index in [1.165, 1.54) is 0 Å². The second-order valence-electron chi connectivity index (χ2n) is 5.78. The smallest absolute Gasteiger partial charge is 0.194 e. The van der Waals surface area contributed by atoms with Crippen molar-refractivity contribution in [2.45, 2.75) is 13.1 Å². The molecule has 0 radical (unpaired) electrons. The van der Waals surface area contributed by atoms with Crippen LogP contribution in [-0.4, -0.2) is 54.1 Å². The molecule has 136 valence electrons. The lowest BCUT2D eigenvalue weighted by molar-refractivity contribution is 0.169. The van der Waals surface area contributed by atoms with E-state index in [0.717, 1.165) is 55.0 Å². The Morgan fingerprint density at radius 3 is 2.72 bits per heavy atom. The van der Waals surface area contributed by atoms with Crippen molar-refractivity contribution >= 4 is 41.5 Å². The molecule has 25 heavy (non-hydrogen) atoms. The van der Waals surface area contributed by atoms with Gasteiger partial charge in [-0.05, 0) is 17.7 Å². The third-order valence-electron chi connectivity index (χ3n) is 4.10. The van der Waals surface area contributed by atoms with Crippen LogP contribution in [0.2, 0.25) is 5.02 Å². The number of hydrogen-bond donors (Lipinski definition) is 1. The highest BCUT2D eigenvalue weighted by Crippen LogP contribution is 2.11. The van der Waals surface area contributed by atoms with Gasteiger partial charge in [0.2, 0.25) is 0 Å². The highest BCUT2D eigenvalue weighted by Gasteiger charge is 2.20. The fourth-order valence-corrected chi connectivity index (χ4v) is 3.04. The molecule has 0 amide bonds. The minimum absolute atomic E-state index is 0. The standard InChI is InChI=1S/C17H22ClN5O.HI/c1-19-17(20-12-14-3-2-4-15(18)11-14)23-8-6-22(7-9-23)13-16-5-10-24-21-16;/h2-5,10-11H,6-9,12-13H2,1H3,(H,19,20);1H. The summed E-state index contributed by atoms with van der Waals surface area (Å²) >= 11 is 6.03. The van der Waals surface area contributed by atoms with Gasteiger partial charge in [-0.1, -0.05) is 28.9 Å². The van der Waals surface area contributed by atoms with Crippen molar-refractivity contribution in [1.82, 2.24) is 20.3 Å². The molecule has 0 aliphatic carbocycles. The molecule has 2 aromatic rings. The first-order valence-corrected chi connectivity index (χ1v) is 8.44. The predicted molar refractivity (Wildman–Crippen MR) is 110 cm³/mol. The van der Waals surface area contributed by atoms with Crippen LogP contribution in [0, 0.1) is 0 Å². The van der Waals surface area contributed by atoms with Crippen LogP contribution in [0.4, 0.5) is 0 Å². The van der Waals surface area contributed by atoms with E-state index in [-0.39, 0.29) is 24.0 Å². The van der Waals surface area contributed by atoms with Gasteiger partial charge in [-0.15, -0.1) is 24.0 Å². The Kier molecular flexibility index (Phi) is 7.98. The van der Waals surface area contributed by atoms with Crippen LogP contribution in [-0.2, 0) is 13.1 Å². The fourth-order valence-electron chi connectivity index (χ4n) is 2.83. The summed E-state index contributed by atoms with van der Waals surface area (Å²) in [6.45, 7) is 5.38.